The SMILES string of the molecule is CSc1ccc(N2CC(C(=O)NC3CCCNC3)CC2=O)cc1. The number of nitrogens with zero attached hydrogens (tertiary/aromatic N) is 1. The van der Waals surface area contributed by atoms with E-state index in [2.05, 4.69) is 10.6 Å². The van der Waals surface area contributed by atoms with Crippen molar-refractivity contribution < 1.29 is 9.59 Å². The molecule has 2 N–H and O–H groups in total. The molecule has 2 amide bonds. The Labute approximate surface area is 141 Å². The summed E-state index contributed by atoms with van der Waals surface area (Å²) < 4.78 is 0. The maximum atomic E-state index is 12.4. The average molecular weight is 333 g/mol. The van der Waals surface area contributed by atoms with Gasteiger partial charge in [0.1, 0.15) is 0 Å². The minimum atomic E-state index is -0.246. The molecule has 2 aliphatic heterocycles. The number of amides is 2. The predicted octanol–water partition coefficient (Wildman–Crippen LogP) is 1.63. The van der Waals surface area contributed by atoms with Crippen LogP contribution in [0.3, 0.4) is 0 Å². The Kier molecular flexibility index (Phi) is 5.23. The zero-order valence-corrected chi connectivity index (χ0v) is 14.2. The number of thioether (sulfide) groups is 1. The van der Waals surface area contributed by atoms with E-state index in [9.17, 15) is 9.59 Å². The summed E-state index contributed by atoms with van der Waals surface area (Å²) in [6, 6.07) is 8.12. The second-order valence-corrected chi connectivity index (χ2v) is 7.03. The van der Waals surface area contributed by atoms with Crippen molar-refractivity contribution in [1.82, 2.24) is 10.6 Å². The Morgan fingerprint density at radius 3 is 2.78 bits per heavy atom. The monoisotopic (exact) mass is 333 g/mol. The van der Waals surface area contributed by atoms with Gasteiger partial charge in [0.25, 0.3) is 0 Å². The molecule has 0 aromatic heterocycles. The molecule has 1 aromatic carbocycles. The zero-order chi connectivity index (χ0) is 16.2. The second-order valence-electron chi connectivity index (χ2n) is 6.16. The van der Waals surface area contributed by atoms with Crippen molar-refractivity contribution >= 4 is 29.3 Å². The van der Waals surface area contributed by atoms with Crippen LogP contribution in [0.5, 0.6) is 0 Å². The van der Waals surface area contributed by atoms with E-state index >= 15 is 0 Å². The smallest absolute Gasteiger partial charge is 0.227 e. The van der Waals surface area contributed by atoms with Gasteiger partial charge in [-0.25, -0.2) is 0 Å². The number of nitrogens with one attached hydrogen (secondary N) is 2. The van der Waals surface area contributed by atoms with Gasteiger partial charge in [0.05, 0.1) is 5.92 Å². The van der Waals surface area contributed by atoms with Crippen molar-refractivity contribution in [1.29, 1.82) is 0 Å². The van der Waals surface area contributed by atoms with Crippen LogP contribution in [0.4, 0.5) is 5.69 Å². The molecule has 0 aliphatic carbocycles. The first-order valence-corrected chi connectivity index (χ1v) is 9.35. The number of benzene rings is 1. The Bertz CT molecular complexity index is 570. The molecular weight excluding hydrogens is 310 g/mol. The van der Waals surface area contributed by atoms with Crippen LogP contribution in [0.15, 0.2) is 29.2 Å². The molecule has 6 heteroatoms. The van der Waals surface area contributed by atoms with Gasteiger partial charge in [0, 0.05) is 36.1 Å². The maximum Gasteiger partial charge on any atom is 0.227 e. The second kappa shape index (κ2) is 7.36. The number of hydrogen-bond donors (Lipinski definition) is 2. The van der Waals surface area contributed by atoms with Crippen molar-refractivity contribution in [3.8, 4) is 0 Å². The normalized spacial score (nSPS) is 24.7. The van der Waals surface area contributed by atoms with Gasteiger partial charge < -0.3 is 15.5 Å². The van der Waals surface area contributed by atoms with Crippen LogP contribution >= 0.6 is 11.8 Å². The van der Waals surface area contributed by atoms with E-state index in [0.29, 0.717) is 13.0 Å². The zero-order valence-electron chi connectivity index (χ0n) is 13.4. The molecule has 3 rings (SSSR count). The average Bonchev–Trinajstić information content (AvgIpc) is 2.98. The number of anilines is 1. The van der Waals surface area contributed by atoms with Crippen LogP contribution in [0.25, 0.3) is 0 Å². The summed E-state index contributed by atoms with van der Waals surface area (Å²) in [6.07, 6.45) is 4.43. The summed E-state index contributed by atoms with van der Waals surface area (Å²) in [5, 5.41) is 6.38. The van der Waals surface area contributed by atoms with Crippen LogP contribution in [-0.4, -0.2) is 43.7 Å². The van der Waals surface area contributed by atoms with Gasteiger partial charge in [0.15, 0.2) is 0 Å². The van der Waals surface area contributed by atoms with Crippen LogP contribution in [-0.2, 0) is 9.59 Å². The molecule has 2 heterocycles. The lowest BCUT2D eigenvalue weighted by Gasteiger charge is -2.25. The molecule has 5 nitrogen and oxygen atoms in total. The van der Waals surface area contributed by atoms with E-state index in [1.54, 1.807) is 16.7 Å². The molecule has 2 saturated heterocycles. The standard InChI is InChI=1S/C17H23N3O2S/c1-23-15-6-4-14(5-7-15)20-11-12(9-16(20)21)17(22)19-13-3-2-8-18-10-13/h4-7,12-13,18H,2-3,8-11H2,1H3,(H,19,22). The van der Waals surface area contributed by atoms with Gasteiger partial charge in [-0.15, -0.1) is 11.8 Å². The highest BCUT2D eigenvalue weighted by atomic mass is 32.2. The fourth-order valence-electron chi connectivity index (χ4n) is 3.19. The highest BCUT2D eigenvalue weighted by molar-refractivity contribution is 7.98. The van der Waals surface area contributed by atoms with Crippen molar-refractivity contribution in [3.05, 3.63) is 24.3 Å². The third-order valence-corrected chi connectivity index (χ3v) is 5.27. The van der Waals surface area contributed by atoms with E-state index in [4.69, 9.17) is 0 Å². The van der Waals surface area contributed by atoms with E-state index in [1.165, 1.54) is 4.90 Å². The van der Waals surface area contributed by atoms with Crippen molar-refractivity contribution in [3.63, 3.8) is 0 Å². The first-order chi connectivity index (χ1) is 11.2. The molecular formula is C17H23N3O2S. The lowest BCUT2D eigenvalue weighted by molar-refractivity contribution is -0.127. The minimum Gasteiger partial charge on any atom is -0.352 e. The summed E-state index contributed by atoms with van der Waals surface area (Å²) in [5.41, 5.74) is 0.877. The molecule has 0 saturated carbocycles. The number of rotatable bonds is 4. The first-order valence-electron chi connectivity index (χ1n) is 8.13. The highest BCUT2D eigenvalue weighted by Gasteiger charge is 2.35. The largest absolute Gasteiger partial charge is 0.352 e. The molecule has 0 spiro atoms. The topological polar surface area (TPSA) is 61.4 Å². The minimum absolute atomic E-state index is 0.00952. The van der Waals surface area contributed by atoms with Gasteiger partial charge in [-0.3, -0.25) is 9.59 Å². The third-order valence-electron chi connectivity index (χ3n) is 4.52. The summed E-state index contributed by atoms with van der Waals surface area (Å²) >= 11 is 1.67. The lowest BCUT2D eigenvalue weighted by atomic mass is 10.0. The van der Waals surface area contributed by atoms with Crippen LogP contribution in [0, 0.1) is 5.92 Å². The van der Waals surface area contributed by atoms with Crippen LogP contribution in [0.2, 0.25) is 0 Å². The lowest BCUT2D eigenvalue weighted by Crippen LogP contribution is -2.47. The van der Waals surface area contributed by atoms with Gasteiger partial charge in [-0.1, -0.05) is 0 Å². The van der Waals surface area contributed by atoms with Gasteiger partial charge in [-0.2, -0.15) is 0 Å². The Morgan fingerprint density at radius 1 is 1.35 bits per heavy atom. The van der Waals surface area contributed by atoms with Crippen molar-refractivity contribution in [2.24, 2.45) is 5.92 Å². The Balaban J connectivity index is 1.60. The van der Waals surface area contributed by atoms with Gasteiger partial charge >= 0.3 is 0 Å². The van der Waals surface area contributed by atoms with E-state index in [1.807, 2.05) is 30.5 Å². The molecule has 2 unspecified atom stereocenters. The fourth-order valence-corrected chi connectivity index (χ4v) is 3.60. The summed E-state index contributed by atoms with van der Waals surface area (Å²) in [5.74, 6) is -0.205. The number of hydrogen-bond acceptors (Lipinski definition) is 4. The molecule has 23 heavy (non-hydrogen) atoms. The molecule has 0 bridgehead atoms. The molecule has 2 atom stereocenters. The van der Waals surface area contributed by atoms with Crippen molar-refractivity contribution in [2.45, 2.75) is 30.2 Å². The maximum absolute atomic E-state index is 12.4. The van der Waals surface area contributed by atoms with Gasteiger partial charge in [0.2, 0.25) is 11.8 Å². The number of carbonyl (C=O) groups excluding carboxylic acids is 2. The van der Waals surface area contributed by atoms with Crippen molar-refractivity contribution in [2.75, 3.05) is 30.8 Å². The molecule has 124 valence electrons. The number of carbonyl (C=O) groups is 2. The summed E-state index contributed by atoms with van der Waals surface area (Å²) in [4.78, 5) is 27.6. The van der Waals surface area contributed by atoms with E-state index in [0.717, 1.165) is 31.6 Å². The quantitative estimate of drug-likeness (QED) is 0.822. The van der Waals surface area contributed by atoms with E-state index in [-0.39, 0.29) is 23.8 Å². The van der Waals surface area contributed by atoms with Crippen LogP contribution in [0.1, 0.15) is 19.3 Å². The molecule has 2 fully saturated rings. The van der Waals surface area contributed by atoms with Gasteiger partial charge in [-0.05, 0) is 49.9 Å². The van der Waals surface area contributed by atoms with Crippen LogP contribution < -0.4 is 15.5 Å². The fraction of sp³-hybridized carbons (Fsp3) is 0.529. The molecule has 2 aliphatic rings. The molecule has 1 aromatic rings. The molecule has 0 radical (unpaired) electrons. The number of piperidine rings is 1. The Morgan fingerprint density at radius 2 is 2.13 bits per heavy atom. The summed E-state index contributed by atoms with van der Waals surface area (Å²) in [6.45, 7) is 2.32. The van der Waals surface area contributed by atoms with E-state index < -0.39 is 0 Å². The Hall–Kier alpha value is -1.53. The first kappa shape index (κ1) is 16.3. The highest BCUT2D eigenvalue weighted by Crippen LogP contribution is 2.27. The summed E-state index contributed by atoms with van der Waals surface area (Å²) in [7, 11) is 0. The predicted molar refractivity (Wildman–Crippen MR) is 92.7 cm³/mol. The third kappa shape index (κ3) is 3.87.